The van der Waals surface area contributed by atoms with Crippen molar-refractivity contribution in [1.82, 2.24) is 0 Å². The smallest absolute Gasteiger partial charge is 0.184 e. The molecule has 0 N–H and O–H groups in total. The monoisotopic (exact) mass is 410 g/mol. The van der Waals surface area contributed by atoms with Crippen LogP contribution in [-0.4, -0.2) is 24.9 Å². The van der Waals surface area contributed by atoms with Gasteiger partial charge in [0.05, 0.1) is 12.7 Å². The third kappa shape index (κ3) is 4.19. The van der Waals surface area contributed by atoms with Crippen molar-refractivity contribution in [2.24, 2.45) is 5.92 Å². The normalized spacial score (nSPS) is 30.0. The van der Waals surface area contributed by atoms with Gasteiger partial charge in [-0.2, -0.15) is 0 Å². The Kier molecular flexibility index (Phi) is 6.31. The van der Waals surface area contributed by atoms with E-state index >= 15 is 0 Å². The lowest BCUT2D eigenvalue weighted by atomic mass is 9.92. The van der Waals surface area contributed by atoms with Gasteiger partial charge in [-0.25, -0.2) is 0 Å². The van der Waals surface area contributed by atoms with Crippen LogP contribution in [0.4, 0.5) is 0 Å². The first-order chi connectivity index (χ1) is 14.4. The predicted molar refractivity (Wildman–Crippen MR) is 117 cm³/mol. The molecule has 4 rings (SSSR count). The minimum Gasteiger partial charge on any atom is -0.346 e. The molecule has 2 heterocycles. The fourth-order valence-electron chi connectivity index (χ4n) is 4.21. The van der Waals surface area contributed by atoms with Crippen molar-refractivity contribution in [3.05, 3.63) is 69.8 Å². The van der Waals surface area contributed by atoms with Crippen LogP contribution in [0.1, 0.15) is 66.2 Å². The molecule has 2 aromatic rings. The maximum absolute atomic E-state index is 6.51. The molecule has 0 amide bonds. The molecule has 0 spiro atoms. The standard InChI is InChI=1S/C26H34O4/c1-7-15(2)23-24-22(28-26(29-23)21-11-9-17(4)19(6)13-21)14-27-25(30-24)20-10-8-16(3)18(5)12-20/h8-13,15,22-26H,7,14H2,1-6H3. The number of rotatable bonds is 4. The topological polar surface area (TPSA) is 36.9 Å². The zero-order chi connectivity index (χ0) is 21.4. The quantitative estimate of drug-likeness (QED) is 0.632. The summed E-state index contributed by atoms with van der Waals surface area (Å²) in [4.78, 5) is 0. The van der Waals surface area contributed by atoms with E-state index in [2.05, 4.69) is 77.9 Å². The molecule has 2 aliphatic heterocycles. The van der Waals surface area contributed by atoms with Crippen LogP contribution in [0.3, 0.4) is 0 Å². The molecule has 4 heteroatoms. The summed E-state index contributed by atoms with van der Waals surface area (Å²) in [6.07, 6.45) is -0.0996. The average molecular weight is 411 g/mol. The molecule has 162 valence electrons. The van der Waals surface area contributed by atoms with Gasteiger partial charge in [0, 0.05) is 11.1 Å². The van der Waals surface area contributed by atoms with Crippen molar-refractivity contribution >= 4 is 0 Å². The van der Waals surface area contributed by atoms with Gasteiger partial charge in [-0.1, -0.05) is 56.7 Å². The lowest BCUT2D eigenvalue weighted by Gasteiger charge is -2.47. The number of hydrogen-bond acceptors (Lipinski definition) is 4. The van der Waals surface area contributed by atoms with E-state index in [1.165, 1.54) is 22.3 Å². The second kappa shape index (κ2) is 8.80. The number of ether oxygens (including phenoxy) is 4. The number of fused-ring (bicyclic) bond motifs is 1. The van der Waals surface area contributed by atoms with Crippen molar-refractivity contribution in [3.8, 4) is 0 Å². The molecule has 2 aromatic carbocycles. The lowest BCUT2D eigenvalue weighted by molar-refractivity contribution is -0.369. The van der Waals surface area contributed by atoms with Gasteiger partial charge in [0.1, 0.15) is 12.2 Å². The molecule has 0 aromatic heterocycles. The van der Waals surface area contributed by atoms with Crippen LogP contribution in [-0.2, 0) is 18.9 Å². The van der Waals surface area contributed by atoms with E-state index in [0.717, 1.165) is 17.5 Å². The molecule has 2 aliphatic rings. The first-order valence-corrected chi connectivity index (χ1v) is 11.1. The molecule has 2 fully saturated rings. The Bertz CT molecular complexity index is 891. The zero-order valence-corrected chi connectivity index (χ0v) is 19.0. The Morgan fingerprint density at radius 1 is 0.800 bits per heavy atom. The number of hydrogen-bond donors (Lipinski definition) is 0. The summed E-state index contributed by atoms with van der Waals surface area (Å²) in [5.41, 5.74) is 7.13. The van der Waals surface area contributed by atoms with Gasteiger partial charge in [-0.05, 0) is 55.9 Å². The summed E-state index contributed by atoms with van der Waals surface area (Å²) in [5.74, 6) is 0.356. The minimum absolute atomic E-state index is 0.0432. The minimum atomic E-state index is -0.394. The second-order valence-corrected chi connectivity index (χ2v) is 8.95. The molecule has 0 bridgehead atoms. The summed E-state index contributed by atoms with van der Waals surface area (Å²) < 4.78 is 25.4. The molecule has 6 atom stereocenters. The van der Waals surface area contributed by atoms with Crippen molar-refractivity contribution < 1.29 is 18.9 Å². The van der Waals surface area contributed by atoms with Crippen LogP contribution in [0.5, 0.6) is 0 Å². The first kappa shape index (κ1) is 21.5. The highest BCUT2D eigenvalue weighted by Gasteiger charge is 2.47. The summed E-state index contributed by atoms with van der Waals surface area (Å²) in [6, 6.07) is 12.8. The lowest BCUT2D eigenvalue weighted by Crippen LogP contribution is -2.56. The second-order valence-electron chi connectivity index (χ2n) is 8.95. The SMILES string of the molecule is CCC(C)C1OC(c2ccc(C)c(C)c2)OC2COC(c3ccc(C)c(C)c3)OC21. The molecule has 0 radical (unpaired) electrons. The van der Waals surface area contributed by atoms with Crippen LogP contribution in [0.25, 0.3) is 0 Å². The van der Waals surface area contributed by atoms with E-state index in [4.69, 9.17) is 18.9 Å². The summed E-state index contributed by atoms with van der Waals surface area (Å²) in [6.45, 7) is 13.4. The average Bonchev–Trinajstić information content (AvgIpc) is 2.75. The first-order valence-electron chi connectivity index (χ1n) is 11.1. The van der Waals surface area contributed by atoms with Crippen LogP contribution in [0, 0.1) is 33.6 Å². The Morgan fingerprint density at radius 3 is 1.97 bits per heavy atom. The molecule has 30 heavy (non-hydrogen) atoms. The largest absolute Gasteiger partial charge is 0.346 e. The van der Waals surface area contributed by atoms with Crippen LogP contribution < -0.4 is 0 Å². The molecule has 6 unspecified atom stereocenters. The summed E-state index contributed by atoms with van der Waals surface area (Å²) >= 11 is 0. The highest BCUT2D eigenvalue weighted by molar-refractivity contribution is 5.32. The summed E-state index contributed by atoms with van der Waals surface area (Å²) in [5, 5.41) is 0. The molecule has 0 saturated carbocycles. The van der Waals surface area contributed by atoms with Crippen molar-refractivity contribution in [2.45, 2.75) is 78.9 Å². The Hall–Kier alpha value is -1.72. The maximum Gasteiger partial charge on any atom is 0.184 e. The highest BCUT2D eigenvalue weighted by atomic mass is 16.8. The van der Waals surface area contributed by atoms with E-state index in [9.17, 15) is 0 Å². The van der Waals surface area contributed by atoms with Gasteiger partial charge in [0.2, 0.25) is 0 Å². The third-order valence-electron chi connectivity index (χ3n) is 6.77. The van der Waals surface area contributed by atoms with Crippen LogP contribution in [0.2, 0.25) is 0 Å². The van der Waals surface area contributed by atoms with Gasteiger partial charge in [0.25, 0.3) is 0 Å². The van der Waals surface area contributed by atoms with Gasteiger partial charge in [0.15, 0.2) is 12.6 Å². The maximum atomic E-state index is 6.51. The van der Waals surface area contributed by atoms with Gasteiger partial charge in [-0.15, -0.1) is 0 Å². The van der Waals surface area contributed by atoms with Gasteiger partial charge >= 0.3 is 0 Å². The molecule has 0 aliphatic carbocycles. The fraction of sp³-hybridized carbons (Fsp3) is 0.538. The molecule has 2 saturated heterocycles. The predicted octanol–water partition coefficient (Wildman–Crippen LogP) is 5.86. The van der Waals surface area contributed by atoms with E-state index in [1.807, 2.05) is 0 Å². The molecular formula is C26H34O4. The van der Waals surface area contributed by atoms with E-state index in [0.29, 0.717) is 12.5 Å². The number of benzene rings is 2. The molecule has 4 nitrogen and oxygen atoms in total. The van der Waals surface area contributed by atoms with Gasteiger partial charge in [-0.3, -0.25) is 0 Å². The fourth-order valence-corrected chi connectivity index (χ4v) is 4.21. The van der Waals surface area contributed by atoms with Crippen molar-refractivity contribution in [3.63, 3.8) is 0 Å². The van der Waals surface area contributed by atoms with E-state index in [1.54, 1.807) is 0 Å². The Balaban J connectivity index is 1.57. The Labute approximate surface area is 180 Å². The van der Waals surface area contributed by atoms with Crippen molar-refractivity contribution in [2.75, 3.05) is 6.61 Å². The number of aryl methyl sites for hydroxylation is 4. The Morgan fingerprint density at radius 2 is 1.40 bits per heavy atom. The van der Waals surface area contributed by atoms with Crippen LogP contribution in [0.15, 0.2) is 36.4 Å². The van der Waals surface area contributed by atoms with Gasteiger partial charge < -0.3 is 18.9 Å². The molecular weight excluding hydrogens is 376 g/mol. The van der Waals surface area contributed by atoms with E-state index in [-0.39, 0.29) is 24.6 Å². The van der Waals surface area contributed by atoms with Crippen LogP contribution >= 0.6 is 0 Å². The third-order valence-corrected chi connectivity index (χ3v) is 6.77. The van der Waals surface area contributed by atoms with E-state index < -0.39 is 6.29 Å². The summed E-state index contributed by atoms with van der Waals surface area (Å²) in [7, 11) is 0. The highest BCUT2D eigenvalue weighted by Crippen LogP contribution is 2.41. The van der Waals surface area contributed by atoms with Crippen molar-refractivity contribution in [1.29, 1.82) is 0 Å². The zero-order valence-electron chi connectivity index (χ0n) is 19.0.